The van der Waals surface area contributed by atoms with Gasteiger partial charge in [-0.15, -0.1) is 0 Å². The van der Waals surface area contributed by atoms with E-state index < -0.39 is 0 Å². The molecule has 0 unspecified atom stereocenters. The largest absolute Gasteiger partial charge is 0.493 e. The average Bonchev–Trinajstić information content (AvgIpc) is 2.85. The lowest BCUT2D eigenvalue weighted by atomic mass is 10.1. The van der Waals surface area contributed by atoms with E-state index in [1.807, 2.05) is 12.1 Å². The van der Waals surface area contributed by atoms with E-state index in [0.29, 0.717) is 17.7 Å². The van der Waals surface area contributed by atoms with Crippen molar-refractivity contribution in [3.63, 3.8) is 0 Å². The summed E-state index contributed by atoms with van der Waals surface area (Å²) in [7, 11) is 0. The summed E-state index contributed by atoms with van der Waals surface area (Å²) in [4.78, 5) is 12.2. The van der Waals surface area contributed by atoms with Crippen LogP contribution in [0.15, 0.2) is 36.4 Å². The number of halogens is 1. The lowest BCUT2D eigenvalue weighted by Crippen LogP contribution is -2.13. The Balaban J connectivity index is 1.82. The van der Waals surface area contributed by atoms with Gasteiger partial charge in [0.1, 0.15) is 11.6 Å². The summed E-state index contributed by atoms with van der Waals surface area (Å²) in [5.41, 5.74) is 2.91. The Kier molecular flexibility index (Phi) is 3.14. The lowest BCUT2D eigenvalue weighted by Gasteiger charge is -2.09. The van der Waals surface area contributed by atoms with Crippen LogP contribution >= 0.6 is 0 Å². The van der Waals surface area contributed by atoms with Crippen LogP contribution in [0.4, 0.5) is 10.1 Å². The first-order chi connectivity index (χ1) is 9.63. The van der Waals surface area contributed by atoms with Gasteiger partial charge in [-0.2, -0.15) is 0 Å². The predicted octanol–water partition coefficient (Wildman–Crippen LogP) is 3.32. The molecule has 2 aromatic carbocycles. The van der Waals surface area contributed by atoms with E-state index in [4.69, 9.17) is 4.74 Å². The lowest BCUT2D eigenvalue weighted by molar-refractivity contribution is 0.102. The van der Waals surface area contributed by atoms with Gasteiger partial charge in [0.15, 0.2) is 0 Å². The summed E-state index contributed by atoms with van der Waals surface area (Å²) in [5.74, 6) is 0.302. The first kappa shape index (κ1) is 12.7. The van der Waals surface area contributed by atoms with Crippen molar-refractivity contribution < 1.29 is 13.9 Å². The maximum atomic E-state index is 13.0. The SMILES string of the molecule is Cc1cc(F)ccc1C(=O)Nc1ccc2c(c1)CCO2. The van der Waals surface area contributed by atoms with Crippen molar-refractivity contribution >= 4 is 11.6 Å². The van der Waals surface area contributed by atoms with Crippen molar-refractivity contribution in [2.24, 2.45) is 0 Å². The number of ether oxygens (including phenoxy) is 1. The van der Waals surface area contributed by atoms with Gasteiger partial charge in [-0.05, 0) is 54.4 Å². The standard InChI is InChI=1S/C16H14FNO2/c1-10-8-12(17)2-4-14(10)16(19)18-13-3-5-15-11(9-13)6-7-20-15/h2-5,8-9H,6-7H2,1H3,(H,18,19). The number of fused-ring (bicyclic) bond motifs is 1. The van der Waals surface area contributed by atoms with Gasteiger partial charge < -0.3 is 10.1 Å². The summed E-state index contributed by atoms with van der Waals surface area (Å²) >= 11 is 0. The zero-order valence-electron chi connectivity index (χ0n) is 11.1. The van der Waals surface area contributed by atoms with Crippen LogP contribution in [0.5, 0.6) is 5.75 Å². The molecule has 3 rings (SSSR count). The van der Waals surface area contributed by atoms with Gasteiger partial charge in [0, 0.05) is 17.7 Å². The fourth-order valence-electron chi connectivity index (χ4n) is 2.34. The van der Waals surface area contributed by atoms with Crippen LogP contribution in [0.25, 0.3) is 0 Å². The molecule has 1 aliphatic heterocycles. The highest BCUT2D eigenvalue weighted by molar-refractivity contribution is 6.05. The number of carbonyl (C=O) groups excluding carboxylic acids is 1. The highest BCUT2D eigenvalue weighted by atomic mass is 19.1. The van der Waals surface area contributed by atoms with Crippen LogP contribution in [0.2, 0.25) is 0 Å². The molecule has 2 aromatic rings. The zero-order valence-corrected chi connectivity index (χ0v) is 11.1. The van der Waals surface area contributed by atoms with Crippen LogP contribution in [-0.2, 0) is 6.42 Å². The molecule has 0 saturated carbocycles. The molecule has 0 spiro atoms. The number of hydrogen-bond acceptors (Lipinski definition) is 2. The minimum Gasteiger partial charge on any atom is -0.493 e. The third-order valence-electron chi connectivity index (χ3n) is 3.38. The molecule has 20 heavy (non-hydrogen) atoms. The number of amides is 1. The second kappa shape index (κ2) is 4.96. The van der Waals surface area contributed by atoms with E-state index in [9.17, 15) is 9.18 Å². The molecule has 0 aliphatic carbocycles. The summed E-state index contributed by atoms with van der Waals surface area (Å²) in [6, 6.07) is 9.72. The molecule has 1 N–H and O–H groups in total. The number of hydrogen-bond donors (Lipinski definition) is 1. The van der Waals surface area contributed by atoms with E-state index in [2.05, 4.69) is 5.32 Å². The molecule has 0 saturated heterocycles. The molecule has 0 bridgehead atoms. The smallest absolute Gasteiger partial charge is 0.255 e. The van der Waals surface area contributed by atoms with Crippen LogP contribution in [-0.4, -0.2) is 12.5 Å². The number of rotatable bonds is 2. The second-order valence-electron chi connectivity index (χ2n) is 4.83. The average molecular weight is 271 g/mol. The molecular formula is C16H14FNO2. The normalized spacial score (nSPS) is 12.7. The van der Waals surface area contributed by atoms with Crippen molar-refractivity contribution in [1.29, 1.82) is 0 Å². The Morgan fingerprint density at radius 2 is 2.10 bits per heavy atom. The van der Waals surface area contributed by atoms with Crippen molar-refractivity contribution in [1.82, 2.24) is 0 Å². The van der Waals surface area contributed by atoms with E-state index in [1.54, 1.807) is 13.0 Å². The number of anilines is 1. The van der Waals surface area contributed by atoms with E-state index in [-0.39, 0.29) is 11.7 Å². The molecule has 1 aliphatic rings. The summed E-state index contributed by atoms with van der Waals surface area (Å²) < 4.78 is 18.5. The van der Waals surface area contributed by atoms with Gasteiger partial charge in [-0.1, -0.05) is 0 Å². The molecule has 0 aromatic heterocycles. The van der Waals surface area contributed by atoms with E-state index >= 15 is 0 Å². The first-order valence-corrected chi connectivity index (χ1v) is 6.47. The highest BCUT2D eigenvalue weighted by Gasteiger charge is 2.14. The Bertz CT molecular complexity index is 682. The topological polar surface area (TPSA) is 38.3 Å². The molecule has 4 heteroatoms. The second-order valence-corrected chi connectivity index (χ2v) is 4.83. The minimum absolute atomic E-state index is 0.235. The summed E-state index contributed by atoms with van der Waals surface area (Å²) in [5, 5.41) is 2.83. The van der Waals surface area contributed by atoms with E-state index in [1.165, 1.54) is 18.2 Å². The molecular weight excluding hydrogens is 257 g/mol. The molecule has 1 amide bonds. The van der Waals surface area contributed by atoms with Crippen LogP contribution in [0, 0.1) is 12.7 Å². The summed E-state index contributed by atoms with van der Waals surface area (Å²) in [6.07, 6.45) is 0.856. The third kappa shape index (κ3) is 2.37. The zero-order chi connectivity index (χ0) is 14.1. The molecule has 1 heterocycles. The van der Waals surface area contributed by atoms with Crippen molar-refractivity contribution in [3.05, 3.63) is 58.9 Å². The molecule has 0 atom stereocenters. The fourth-order valence-corrected chi connectivity index (χ4v) is 2.34. The highest BCUT2D eigenvalue weighted by Crippen LogP contribution is 2.28. The van der Waals surface area contributed by atoms with Gasteiger partial charge in [-0.25, -0.2) is 4.39 Å². The monoisotopic (exact) mass is 271 g/mol. The quantitative estimate of drug-likeness (QED) is 0.910. The molecule has 0 fully saturated rings. The Morgan fingerprint density at radius 1 is 1.25 bits per heavy atom. The number of aryl methyl sites for hydroxylation is 1. The fraction of sp³-hybridized carbons (Fsp3) is 0.188. The Morgan fingerprint density at radius 3 is 2.90 bits per heavy atom. The molecule has 102 valence electrons. The Labute approximate surface area is 116 Å². The Hall–Kier alpha value is -2.36. The molecule has 3 nitrogen and oxygen atoms in total. The third-order valence-corrected chi connectivity index (χ3v) is 3.38. The van der Waals surface area contributed by atoms with Gasteiger partial charge in [0.05, 0.1) is 6.61 Å². The van der Waals surface area contributed by atoms with Crippen LogP contribution < -0.4 is 10.1 Å². The van der Waals surface area contributed by atoms with E-state index in [0.717, 1.165) is 23.4 Å². The van der Waals surface area contributed by atoms with Crippen LogP contribution in [0.1, 0.15) is 21.5 Å². The predicted molar refractivity (Wildman–Crippen MR) is 74.7 cm³/mol. The maximum absolute atomic E-state index is 13.0. The number of nitrogens with one attached hydrogen (secondary N) is 1. The first-order valence-electron chi connectivity index (χ1n) is 6.47. The van der Waals surface area contributed by atoms with Gasteiger partial charge in [-0.3, -0.25) is 4.79 Å². The van der Waals surface area contributed by atoms with Crippen molar-refractivity contribution in [2.75, 3.05) is 11.9 Å². The number of carbonyl (C=O) groups is 1. The van der Waals surface area contributed by atoms with Crippen molar-refractivity contribution in [2.45, 2.75) is 13.3 Å². The van der Waals surface area contributed by atoms with Crippen LogP contribution in [0.3, 0.4) is 0 Å². The summed E-state index contributed by atoms with van der Waals surface area (Å²) in [6.45, 7) is 2.40. The maximum Gasteiger partial charge on any atom is 0.255 e. The number of benzene rings is 2. The molecule has 0 radical (unpaired) electrons. The van der Waals surface area contributed by atoms with Gasteiger partial charge >= 0.3 is 0 Å². The minimum atomic E-state index is -0.339. The van der Waals surface area contributed by atoms with Crippen molar-refractivity contribution in [3.8, 4) is 5.75 Å². The van der Waals surface area contributed by atoms with Gasteiger partial charge in [0.25, 0.3) is 5.91 Å². The van der Waals surface area contributed by atoms with Gasteiger partial charge in [0.2, 0.25) is 0 Å².